The molecule has 0 spiro atoms. The fourth-order valence-electron chi connectivity index (χ4n) is 3.74. The van der Waals surface area contributed by atoms with Gasteiger partial charge in [0.05, 0.1) is 23.6 Å². The number of hydrogen-bond acceptors (Lipinski definition) is 5. The maximum atomic E-state index is 13.4. The number of benzene rings is 3. The SMILES string of the molecule is O=C(O)Cc1cccc(-c2noc(-c3cccc(C(F)(F)F)c3)c2C(=O)NCCOc2ccc(Cl)cc2Cl)c1. The summed E-state index contributed by atoms with van der Waals surface area (Å²) in [6.45, 7) is 0.0180. The van der Waals surface area contributed by atoms with E-state index in [1.165, 1.54) is 24.3 Å². The van der Waals surface area contributed by atoms with E-state index in [9.17, 15) is 22.8 Å². The largest absolute Gasteiger partial charge is 0.490 e. The summed E-state index contributed by atoms with van der Waals surface area (Å²) in [6.07, 6.45) is -4.90. The molecule has 0 bridgehead atoms. The summed E-state index contributed by atoms with van der Waals surface area (Å²) >= 11 is 12.0. The molecule has 1 heterocycles. The van der Waals surface area contributed by atoms with Crippen LogP contribution in [0.5, 0.6) is 5.75 Å². The van der Waals surface area contributed by atoms with Crippen LogP contribution < -0.4 is 10.1 Å². The topological polar surface area (TPSA) is 102 Å². The molecule has 0 saturated heterocycles. The van der Waals surface area contributed by atoms with Crippen LogP contribution in [0.2, 0.25) is 10.0 Å². The standard InChI is InChI=1S/C27H19Cl2F3N2O5/c28-19-7-8-21(20(29)14-19)38-10-9-33-26(37)23-24(16-4-1-3-15(11-16)12-22(35)36)34-39-25(23)17-5-2-6-18(13-17)27(30,31)32/h1-8,11,13-14H,9-10,12H2,(H,33,37)(H,35,36). The first-order valence-corrected chi connectivity index (χ1v) is 12.1. The highest BCUT2D eigenvalue weighted by Crippen LogP contribution is 2.36. The lowest BCUT2D eigenvalue weighted by Gasteiger charge is -2.11. The van der Waals surface area contributed by atoms with Gasteiger partial charge < -0.3 is 19.7 Å². The minimum absolute atomic E-state index is 0.00347. The van der Waals surface area contributed by atoms with E-state index in [1.54, 1.807) is 30.3 Å². The number of hydrogen-bond donors (Lipinski definition) is 2. The predicted molar refractivity (Wildman–Crippen MR) is 138 cm³/mol. The molecule has 0 saturated carbocycles. The van der Waals surface area contributed by atoms with E-state index >= 15 is 0 Å². The van der Waals surface area contributed by atoms with Crippen molar-refractivity contribution in [3.8, 4) is 28.3 Å². The molecule has 1 aromatic heterocycles. The molecule has 12 heteroatoms. The Bertz CT molecular complexity index is 1520. The Kier molecular flexibility index (Phi) is 8.47. The Hall–Kier alpha value is -4.02. The van der Waals surface area contributed by atoms with E-state index in [0.717, 1.165) is 12.1 Å². The number of carboxylic acid groups (broad SMARTS) is 1. The van der Waals surface area contributed by atoms with Gasteiger partial charge in [-0.15, -0.1) is 0 Å². The molecule has 0 aliphatic heterocycles. The van der Waals surface area contributed by atoms with E-state index in [1.807, 2.05) is 0 Å². The van der Waals surface area contributed by atoms with Gasteiger partial charge in [-0.1, -0.05) is 58.7 Å². The average Bonchev–Trinajstić information content (AvgIpc) is 3.32. The second-order valence-electron chi connectivity index (χ2n) is 8.26. The number of rotatable bonds is 9. The summed E-state index contributed by atoms with van der Waals surface area (Å²) in [7, 11) is 0. The molecular formula is C27H19Cl2F3N2O5. The highest BCUT2D eigenvalue weighted by molar-refractivity contribution is 6.35. The maximum absolute atomic E-state index is 13.4. The smallest absolute Gasteiger partial charge is 0.416 e. The molecule has 0 radical (unpaired) electrons. The number of amides is 1. The van der Waals surface area contributed by atoms with Gasteiger partial charge in [-0.05, 0) is 42.0 Å². The number of alkyl halides is 3. The van der Waals surface area contributed by atoms with Crippen LogP contribution in [-0.2, 0) is 17.4 Å². The van der Waals surface area contributed by atoms with E-state index in [-0.39, 0.29) is 47.2 Å². The van der Waals surface area contributed by atoms with Crippen LogP contribution in [0, 0.1) is 0 Å². The molecule has 1 amide bonds. The third-order valence-electron chi connectivity index (χ3n) is 5.47. The van der Waals surface area contributed by atoms with E-state index in [0.29, 0.717) is 21.9 Å². The lowest BCUT2D eigenvalue weighted by molar-refractivity contribution is -0.138. The molecule has 0 fully saturated rings. The molecule has 202 valence electrons. The van der Waals surface area contributed by atoms with Crippen molar-refractivity contribution in [3.63, 3.8) is 0 Å². The van der Waals surface area contributed by atoms with Crippen molar-refractivity contribution in [3.05, 3.63) is 93.5 Å². The lowest BCUT2D eigenvalue weighted by atomic mass is 9.99. The molecule has 0 aliphatic carbocycles. The highest BCUT2D eigenvalue weighted by atomic mass is 35.5. The minimum Gasteiger partial charge on any atom is -0.490 e. The minimum atomic E-state index is -4.62. The molecule has 2 N–H and O–H groups in total. The Balaban J connectivity index is 1.65. The molecule has 7 nitrogen and oxygen atoms in total. The summed E-state index contributed by atoms with van der Waals surface area (Å²) in [5.41, 5.74) is -0.242. The maximum Gasteiger partial charge on any atom is 0.416 e. The van der Waals surface area contributed by atoms with Crippen LogP contribution in [0.4, 0.5) is 13.2 Å². The number of nitrogens with one attached hydrogen (secondary N) is 1. The zero-order chi connectivity index (χ0) is 28.2. The number of aliphatic carboxylic acids is 1. The lowest BCUT2D eigenvalue weighted by Crippen LogP contribution is -2.28. The number of ether oxygens (including phenoxy) is 1. The van der Waals surface area contributed by atoms with Crippen LogP contribution in [0.25, 0.3) is 22.6 Å². The predicted octanol–water partition coefficient (Wildman–Crippen LogP) is 6.77. The summed E-state index contributed by atoms with van der Waals surface area (Å²) < 4.78 is 51.0. The van der Waals surface area contributed by atoms with E-state index < -0.39 is 23.6 Å². The van der Waals surface area contributed by atoms with Gasteiger partial charge in [-0.2, -0.15) is 13.2 Å². The molecule has 3 aromatic carbocycles. The monoisotopic (exact) mass is 578 g/mol. The zero-order valence-corrected chi connectivity index (χ0v) is 21.4. The van der Waals surface area contributed by atoms with Crippen molar-refractivity contribution in [2.24, 2.45) is 0 Å². The number of nitrogens with zero attached hydrogens (tertiary/aromatic N) is 1. The van der Waals surface area contributed by atoms with Gasteiger partial charge in [0.1, 0.15) is 23.6 Å². The normalized spacial score (nSPS) is 11.3. The number of aromatic nitrogens is 1. The fourth-order valence-corrected chi connectivity index (χ4v) is 4.20. The van der Waals surface area contributed by atoms with Crippen LogP contribution in [0.15, 0.2) is 71.3 Å². The molecule has 39 heavy (non-hydrogen) atoms. The fraction of sp³-hybridized carbons (Fsp3) is 0.148. The van der Waals surface area contributed by atoms with Gasteiger partial charge in [-0.25, -0.2) is 0 Å². The first-order chi connectivity index (χ1) is 18.5. The van der Waals surface area contributed by atoms with Gasteiger partial charge in [-0.3, -0.25) is 9.59 Å². The van der Waals surface area contributed by atoms with Crippen LogP contribution >= 0.6 is 23.2 Å². The van der Waals surface area contributed by atoms with Gasteiger partial charge in [0.2, 0.25) is 0 Å². The number of carboxylic acids is 1. The summed E-state index contributed by atoms with van der Waals surface area (Å²) in [4.78, 5) is 24.5. The second kappa shape index (κ2) is 11.8. The van der Waals surface area contributed by atoms with Crippen molar-refractivity contribution in [2.75, 3.05) is 13.2 Å². The van der Waals surface area contributed by atoms with Crippen LogP contribution in [0.1, 0.15) is 21.5 Å². The summed E-state index contributed by atoms with van der Waals surface area (Å²) in [6, 6.07) is 15.2. The average molecular weight is 579 g/mol. The van der Waals surface area contributed by atoms with Crippen molar-refractivity contribution in [2.45, 2.75) is 12.6 Å². The number of halogens is 5. The second-order valence-corrected chi connectivity index (χ2v) is 9.11. The van der Waals surface area contributed by atoms with Crippen molar-refractivity contribution in [1.29, 1.82) is 0 Å². The summed E-state index contributed by atoms with van der Waals surface area (Å²) in [5, 5.41) is 16.5. The molecule has 0 unspecified atom stereocenters. The Morgan fingerprint density at radius 1 is 1.00 bits per heavy atom. The molecule has 4 rings (SSSR count). The first kappa shape index (κ1) is 28.0. The number of carbonyl (C=O) groups excluding carboxylic acids is 1. The Morgan fingerprint density at radius 2 is 1.74 bits per heavy atom. The van der Waals surface area contributed by atoms with Gasteiger partial charge in [0.15, 0.2) is 5.76 Å². The van der Waals surface area contributed by atoms with E-state index in [2.05, 4.69) is 10.5 Å². The third kappa shape index (κ3) is 6.90. The highest BCUT2D eigenvalue weighted by Gasteiger charge is 2.32. The molecule has 0 aliphatic rings. The van der Waals surface area contributed by atoms with Crippen LogP contribution in [0.3, 0.4) is 0 Å². The Morgan fingerprint density at radius 3 is 2.46 bits per heavy atom. The third-order valence-corrected chi connectivity index (χ3v) is 6.00. The zero-order valence-electron chi connectivity index (χ0n) is 19.9. The molecule has 0 atom stereocenters. The molecule has 4 aromatic rings. The summed E-state index contributed by atoms with van der Waals surface area (Å²) in [5.74, 6) is -1.58. The Labute approximate surface area is 230 Å². The van der Waals surface area contributed by atoms with Gasteiger partial charge in [0, 0.05) is 16.1 Å². The number of carbonyl (C=O) groups is 2. The van der Waals surface area contributed by atoms with Crippen molar-refractivity contribution < 1.29 is 37.1 Å². The first-order valence-electron chi connectivity index (χ1n) is 11.4. The van der Waals surface area contributed by atoms with Gasteiger partial charge >= 0.3 is 12.1 Å². The molecular weight excluding hydrogens is 560 g/mol. The van der Waals surface area contributed by atoms with Crippen LogP contribution in [-0.4, -0.2) is 35.3 Å². The van der Waals surface area contributed by atoms with Crippen molar-refractivity contribution >= 4 is 35.1 Å². The van der Waals surface area contributed by atoms with Crippen molar-refractivity contribution in [1.82, 2.24) is 10.5 Å². The van der Waals surface area contributed by atoms with E-state index in [4.69, 9.17) is 37.6 Å². The van der Waals surface area contributed by atoms with Gasteiger partial charge in [0.25, 0.3) is 5.91 Å². The quantitative estimate of drug-likeness (QED) is 0.212.